The number of nitrogens with zero attached hydrogens (tertiary/aromatic N) is 1. The van der Waals surface area contributed by atoms with Crippen LogP contribution < -0.4 is 5.73 Å². The van der Waals surface area contributed by atoms with Crippen molar-refractivity contribution < 1.29 is 4.79 Å². The van der Waals surface area contributed by atoms with Gasteiger partial charge >= 0.3 is 0 Å². The minimum Gasteiger partial charge on any atom is -0.364 e. The Hall–Kier alpha value is -1.38. The molecule has 0 fully saturated rings. The minimum atomic E-state index is -0.475. The fourth-order valence-corrected chi connectivity index (χ4v) is 0.910. The van der Waals surface area contributed by atoms with E-state index in [0.717, 1.165) is 5.69 Å². The van der Waals surface area contributed by atoms with Crippen LogP contribution in [0.3, 0.4) is 0 Å². The van der Waals surface area contributed by atoms with Crippen molar-refractivity contribution in [3.05, 3.63) is 29.6 Å². The number of hydrogen-bond acceptors (Lipinski definition) is 2. The number of primary amides is 1. The molecular weight excluding hydrogens is 152 g/mol. The van der Waals surface area contributed by atoms with E-state index < -0.39 is 5.91 Å². The fraction of sp³-hybridized carbons (Fsp3) is 0.333. The molecule has 0 saturated carbocycles. The molecular formula is C9H12N2O. The van der Waals surface area contributed by atoms with Crippen molar-refractivity contribution in [1.82, 2.24) is 4.98 Å². The van der Waals surface area contributed by atoms with Crippen LogP contribution in [0, 0.1) is 0 Å². The maximum absolute atomic E-state index is 10.7. The van der Waals surface area contributed by atoms with E-state index in [1.165, 1.54) is 0 Å². The van der Waals surface area contributed by atoms with Gasteiger partial charge in [0.25, 0.3) is 5.91 Å². The number of carbonyl (C=O) groups excluding carboxylic acids is 1. The van der Waals surface area contributed by atoms with E-state index in [9.17, 15) is 4.79 Å². The van der Waals surface area contributed by atoms with Gasteiger partial charge in [-0.2, -0.15) is 0 Å². The molecule has 0 unspecified atom stereocenters. The molecule has 1 amide bonds. The molecule has 1 aromatic rings. The summed E-state index contributed by atoms with van der Waals surface area (Å²) < 4.78 is 0. The van der Waals surface area contributed by atoms with Crippen LogP contribution in [0.5, 0.6) is 0 Å². The van der Waals surface area contributed by atoms with E-state index >= 15 is 0 Å². The molecule has 0 radical (unpaired) electrons. The molecule has 3 heteroatoms. The molecule has 1 aromatic heterocycles. The first-order chi connectivity index (χ1) is 5.61. The lowest BCUT2D eigenvalue weighted by atomic mass is 10.1. The van der Waals surface area contributed by atoms with Gasteiger partial charge in [-0.05, 0) is 18.1 Å². The number of nitrogens with two attached hydrogens (primary N) is 1. The summed E-state index contributed by atoms with van der Waals surface area (Å²) in [6, 6.07) is 5.30. The maximum atomic E-state index is 10.7. The molecule has 1 rings (SSSR count). The van der Waals surface area contributed by atoms with E-state index in [1.807, 2.05) is 19.9 Å². The summed E-state index contributed by atoms with van der Waals surface area (Å²) in [6.07, 6.45) is 0. The molecule has 0 aromatic carbocycles. The Balaban J connectivity index is 3.04. The number of rotatable bonds is 2. The molecule has 2 N–H and O–H groups in total. The number of aromatic nitrogens is 1. The molecule has 0 aliphatic carbocycles. The Bertz CT molecular complexity index is 294. The number of hydrogen-bond donors (Lipinski definition) is 1. The summed E-state index contributed by atoms with van der Waals surface area (Å²) in [4.78, 5) is 14.8. The average molecular weight is 164 g/mol. The molecule has 1 heterocycles. The van der Waals surface area contributed by atoms with E-state index in [4.69, 9.17) is 5.73 Å². The highest BCUT2D eigenvalue weighted by atomic mass is 16.1. The molecule has 3 nitrogen and oxygen atoms in total. The SMILES string of the molecule is CC(C)c1cccc(C(N)=O)n1. The smallest absolute Gasteiger partial charge is 0.267 e. The van der Waals surface area contributed by atoms with Gasteiger partial charge in [0, 0.05) is 5.69 Å². The molecule has 12 heavy (non-hydrogen) atoms. The highest BCUT2D eigenvalue weighted by molar-refractivity contribution is 5.90. The van der Waals surface area contributed by atoms with Crippen LogP contribution in [0.25, 0.3) is 0 Å². The van der Waals surface area contributed by atoms with Crippen LogP contribution >= 0.6 is 0 Å². The van der Waals surface area contributed by atoms with Crippen molar-refractivity contribution in [2.45, 2.75) is 19.8 Å². The quantitative estimate of drug-likeness (QED) is 0.716. The standard InChI is InChI=1S/C9H12N2O/c1-6(2)7-4-3-5-8(11-7)9(10)12/h3-6H,1-2H3,(H2,10,12). The zero-order valence-electron chi connectivity index (χ0n) is 7.24. The van der Waals surface area contributed by atoms with E-state index in [1.54, 1.807) is 12.1 Å². The van der Waals surface area contributed by atoms with Crippen molar-refractivity contribution in [2.24, 2.45) is 5.73 Å². The fourth-order valence-electron chi connectivity index (χ4n) is 0.910. The zero-order valence-corrected chi connectivity index (χ0v) is 7.24. The summed E-state index contributed by atoms with van der Waals surface area (Å²) in [6.45, 7) is 4.04. The lowest BCUT2D eigenvalue weighted by molar-refractivity contribution is 0.0995. The monoisotopic (exact) mass is 164 g/mol. The molecule has 0 aliphatic rings. The summed E-state index contributed by atoms with van der Waals surface area (Å²) >= 11 is 0. The lowest BCUT2D eigenvalue weighted by Crippen LogP contribution is -2.13. The third-order valence-electron chi connectivity index (χ3n) is 1.61. The predicted molar refractivity (Wildman–Crippen MR) is 46.8 cm³/mol. The minimum absolute atomic E-state index is 0.323. The van der Waals surface area contributed by atoms with Crippen molar-refractivity contribution in [3.8, 4) is 0 Å². The van der Waals surface area contributed by atoms with E-state index in [0.29, 0.717) is 11.6 Å². The molecule has 0 aliphatic heterocycles. The van der Waals surface area contributed by atoms with Crippen LogP contribution in [0.4, 0.5) is 0 Å². The van der Waals surface area contributed by atoms with Gasteiger partial charge in [0.15, 0.2) is 0 Å². The Kier molecular flexibility index (Phi) is 2.43. The molecule has 0 atom stereocenters. The third kappa shape index (κ3) is 1.81. The Morgan fingerprint density at radius 1 is 1.50 bits per heavy atom. The van der Waals surface area contributed by atoms with Gasteiger partial charge in [-0.15, -0.1) is 0 Å². The van der Waals surface area contributed by atoms with E-state index in [-0.39, 0.29) is 0 Å². The molecule has 64 valence electrons. The van der Waals surface area contributed by atoms with Gasteiger partial charge in [-0.25, -0.2) is 4.98 Å². The van der Waals surface area contributed by atoms with E-state index in [2.05, 4.69) is 4.98 Å². The van der Waals surface area contributed by atoms with Gasteiger partial charge in [0.1, 0.15) is 5.69 Å². The van der Waals surface area contributed by atoms with Crippen LogP contribution in [0.1, 0.15) is 35.9 Å². The van der Waals surface area contributed by atoms with Gasteiger partial charge < -0.3 is 5.73 Å². The van der Waals surface area contributed by atoms with Crippen LogP contribution in [0.2, 0.25) is 0 Å². The van der Waals surface area contributed by atoms with Crippen molar-refractivity contribution in [2.75, 3.05) is 0 Å². The highest BCUT2D eigenvalue weighted by Crippen LogP contribution is 2.10. The Morgan fingerprint density at radius 3 is 2.67 bits per heavy atom. The predicted octanol–water partition coefficient (Wildman–Crippen LogP) is 1.30. The van der Waals surface area contributed by atoms with Gasteiger partial charge in [0.05, 0.1) is 0 Å². The first kappa shape index (κ1) is 8.71. The normalized spacial score (nSPS) is 10.2. The van der Waals surface area contributed by atoms with Crippen molar-refractivity contribution >= 4 is 5.91 Å². The number of amides is 1. The van der Waals surface area contributed by atoms with Crippen molar-refractivity contribution in [3.63, 3.8) is 0 Å². The number of pyridine rings is 1. The second-order valence-electron chi connectivity index (χ2n) is 2.97. The van der Waals surface area contributed by atoms with Gasteiger partial charge in [-0.1, -0.05) is 19.9 Å². The number of carbonyl (C=O) groups is 1. The highest BCUT2D eigenvalue weighted by Gasteiger charge is 2.04. The molecule has 0 spiro atoms. The topological polar surface area (TPSA) is 56.0 Å². The largest absolute Gasteiger partial charge is 0.364 e. The average Bonchev–Trinajstić information content (AvgIpc) is 2.04. The Morgan fingerprint density at radius 2 is 2.17 bits per heavy atom. The second-order valence-corrected chi connectivity index (χ2v) is 2.97. The molecule has 0 saturated heterocycles. The maximum Gasteiger partial charge on any atom is 0.267 e. The van der Waals surface area contributed by atoms with Crippen LogP contribution in [-0.4, -0.2) is 10.9 Å². The summed E-state index contributed by atoms with van der Waals surface area (Å²) in [5.41, 5.74) is 6.31. The van der Waals surface area contributed by atoms with Crippen molar-refractivity contribution in [1.29, 1.82) is 0 Å². The van der Waals surface area contributed by atoms with Gasteiger partial charge in [0.2, 0.25) is 0 Å². The summed E-state index contributed by atoms with van der Waals surface area (Å²) in [7, 11) is 0. The van der Waals surface area contributed by atoms with Gasteiger partial charge in [-0.3, -0.25) is 4.79 Å². The second kappa shape index (κ2) is 3.34. The third-order valence-corrected chi connectivity index (χ3v) is 1.61. The lowest BCUT2D eigenvalue weighted by Gasteiger charge is -2.04. The summed E-state index contributed by atoms with van der Waals surface area (Å²) in [5.74, 6) is -0.151. The first-order valence-electron chi connectivity index (χ1n) is 3.88. The van der Waals surface area contributed by atoms with Crippen LogP contribution in [-0.2, 0) is 0 Å². The van der Waals surface area contributed by atoms with Crippen LogP contribution in [0.15, 0.2) is 18.2 Å². The molecule has 0 bridgehead atoms. The Labute approximate surface area is 71.6 Å². The first-order valence-corrected chi connectivity index (χ1v) is 3.88. The summed E-state index contributed by atoms with van der Waals surface area (Å²) in [5, 5.41) is 0. The zero-order chi connectivity index (χ0) is 9.14.